The van der Waals surface area contributed by atoms with E-state index in [9.17, 15) is 26.3 Å². The summed E-state index contributed by atoms with van der Waals surface area (Å²) in [6, 6.07) is 3.76. The van der Waals surface area contributed by atoms with Crippen LogP contribution in [0.2, 0.25) is 0 Å². The maximum absolute atomic E-state index is 12.6. The van der Waals surface area contributed by atoms with Gasteiger partial charge in [-0.2, -0.15) is 31.3 Å². The van der Waals surface area contributed by atoms with Gasteiger partial charge in [0.15, 0.2) is 0 Å². The molecule has 0 bridgehead atoms. The lowest BCUT2D eigenvalue weighted by Crippen LogP contribution is -2.03. The maximum Gasteiger partial charge on any atom is 0.425 e. The molecule has 2 aromatic rings. The summed E-state index contributed by atoms with van der Waals surface area (Å²) in [5, 5.41) is 1.18. The number of halogens is 6. The van der Waals surface area contributed by atoms with Crippen LogP contribution in [0.25, 0.3) is 0 Å². The zero-order chi connectivity index (χ0) is 18.7. The fraction of sp³-hybridized carbons (Fsp3) is 0.267. The Hall–Kier alpha value is -2.23. The highest BCUT2D eigenvalue weighted by molar-refractivity contribution is 7.10. The summed E-state index contributed by atoms with van der Waals surface area (Å²) in [6.07, 6.45) is -8.10. The van der Waals surface area contributed by atoms with Crippen molar-refractivity contribution in [1.29, 1.82) is 0 Å². The third-order valence-corrected chi connectivity index (χ3v) is 3.59. The lowest BCUT2D eigenvalue weighted by Gasteiger charge is -2.08. The fourth-order valence-corrected chi connectivity index (χ4v) is 2.36. The minimum Gasteiger partial charge on any atom is -0.473 e. The molecular weight excluding hydrogens is 372 g/mol. The average Bonchev–Trinajstić information content (AvgIpc) is 2.90. The van der Waals surface area contributed by atoms with E-state index in [-0.39, 0.29) is 30.2 Å². The number of rotatable bonds is 5. The van der Waals surface area contributed by atoms with E-state index in [2.05, 4.69) is 4.98 Å². The quantitative estimate of drug-likeness (QED) is 0.486. The van der Waals surface area contributed by atoms with Gasteiger partial charge in [-0.25, -0.2) is 0 Å². The van der Waals surface area contributed by atoms with Crippen LogP contribution in [0, 0.1) is 6.92 Å². The van der Waals surface area contributed by atoms with Crippen LogP contribution < -0.4 is 9.47 Å². The zero-order valence-corrected chi connectivity index (χ0v) is 13.4. The first-order valence-corrected chi connectivity index (χ1v) is 7.60. The van der Waals surface area contributed by atoms with Crippen LogP contribution in [-0.4, -0.2) is 17.8 Å². The molecule has 2 heterocycles. The molecule has 0 aliphatic heterocycles. The van der Waals surface area contributed by atoms with Gasteiger partial charge in [-0.3, -0.25) is 0 Å². The molecule has 0 amide bonds. The van der Waals surface area contributed by atoms with E-state index in [1.54, 1.807) is 6.92 Å². The first kappa shape index (κ1) is 19.1. The second-order valence-electron chi connectivity index (χ2n) is 4.82. The number of hydrogen-bond donors (Lipinski definition) is 0. The normalized spacial score (nSPS) is 12.6. The van der Waals surface area contributed by atoms with Gasteiger partial charge in [-0.1, -0.05) is 0 Å². The van der Waals surface area contributed by atoms with Crippen LogP contribution in [0.1, 0.15) is 10.4 Å². The number of thiophene rings is 1. The molecular formula is C15H11F6NO2S. The minimum atomic E-state index is -4.47. The van der Waals surface area contributed by atoms with Crippen molar-refractivity contribution in [1.82, 2.24) is 4.98 Å². The summed E-state index contributed by atoms with van der Waals surface area (Å²) < 4.78 is 83.9. The SMILES string of the molecule is Cc1cc(OCC=CC(F)(F)F)nc(Oc2csc(C(F)(F)F)c2)c1. The molecule has 0 aliphatic rings. The smallest absolute Gasteiger partial charge is 0.425 e. The van der Waals surface area contributed by atoms with Crippen molar-refractivity contribution in [2.75, 3.05) is 6.61 Å². The standard InChI is InChI=1S/C15H11F6NO2S/c1-9-5-12(23-4-2-3-14(16,17)18)22-13(6-9)24-10-7-11(25-8-10)15(19,20)21/h2-3,5-8H,4H2,1H3. The molecule has 0 saturated carbocycles. The van der Waals surface area contributed by atoms with Crippen LogP contribution in [0.3, 0.4) is 0 Å². The average molecular weight is 383 g/mol. The van der Waals surface area contributed by atoms with Gasteiger partial charge in [0.25, 0.3) is 0 Å². The van der Waals surface area contributed by atoms with E-state index in [1.165, 1.54) is 17.5 Å². The summed E-state index contributed by atoms with van der Waals surface area (Å²) >= 11 is 0.479. The van der Waals surface area contributed by atoms with Gasteiger partial charge >= 0.3 is 12.4 Å². The summed E-state index contributed by atoms with van der Waals surface area (Å²) in [5.74, 6) is -0.0761. The Bertz CT molecular complexity index is 751. The molecule has 0 aliphatic carbocycles. The molecule has 2 rings (SSSR count). The van der Waals surface area contributed by atoms with Gasteiger partial charge in [0.05, 0.1) is 0 Å². The van der Waals surface area contributed by atoms with Gasteiger partial charge in [0, 0.05) is 29.7 Å². The second kappa shape index (κ2) is 7.34. The number of pyridine rings is 1. The van der Waals surface area contributed by atoms with Crippen molar-refractivity contribution in [2.24, 2.45) is 0 Å². The molecule has 0 saturated heterocycles. The van der Waals surface area contributed by atoms with Crippen LogP contribution in [-0.2, 0) is 6.18 Å². The molecule has 0 N–H and O–H groups in total. The Balaban J connectivity index is 2.06. The first-order chi connectivity index (χ1) is 11.5. The van der Waals surface area contributed by atoms with Gasteiger partial charge in [0.2, 0.25) is 11.8 Å². The Kier molecular flexibility index (Phi) is 5.61. The highest BCUT2D eigenvalue weighted by Crippen LogP contribution is 2.37. The molecule has 0 unspecified atom stereocenters. The van der Waals surface area contributed by atoms with Crippen LogP contribution in [0.15, 0.2) is 35.7 Å². The maximum atomic E-state index is 12.6. The van der Waals surface area contributed by atoms with Gasteiger partial charge in [-0.15, -0.1) is 11.3 Å². The lowest BCUT2D eigenvalue weighted by atomic mass is 10.3. The molecule has 0 atom stereocenters. The number of aromatic nitrogens is 1. The van der Waals surface area contributed by atoms with E-state index in [4.69, 9.17) is 9.47 Å². The van der Waals surface area contributed by atoms with Crippen LogP contribution in [0.4, 0.5) is 26.3 Å². The molecule has 3 nitrogen and oxygen atoms in total. The molecule has 10 heteroatoms. The van der Waals surface area contributed by atoms with Crippen molar-refractivity contribution in [2.45, 2.75) is 19.3 Å². The Morgan fingerprint density at radius 2 is 1.76 bits per heavy atom. The number of aryl methyl sites for hydroxylation is 1. The van der Waals surface area contributed by atoms with E-state index in [1.807, 2.05) is 0 Å². The monoisotopic (exact) mass is 383 g/mol. The predicted octanol–water partition coefficient (Wildman–Crippen LogP) is 5.76. The third-order valence-electron chi connectivity index (χ3n) is 2.63. The number of nitrogens with zero attached hydrogens (tertiary/aromatic N) is 1. The number of allylic oxidation sites excluding steroid dienone is 1. The van der Waals surface area contributed by atoms with Gasteiger partial charge < -0.3 is 9.47 Å². The van der Waals surface area contributed by atoms with Crippen molar-refractivity contribution < 1.29 is 35.8 Å². The second-order valence-corrected chi connectivity index (χ2v) is 5.73. The Morgan fingerprint density at radius 3 is 2.36 bits per heavy atom. The Morgan fingerprint density at radius 1 is 1.08 bits per heavy atom. The summed E-state index contributed by atoms with van der Waals surface area (Å²) in [5.41, 5.74) is 0.617. The summed E-state index contributed by atoms with van der Waals surface area (Å²) in [6.45, 7) is 1.29. The Labute approximate surface area is 142 Å². The van der Waals surface area contributed by atoms with E-state index in [0.717, 1.165) is 12.1 Å². The fourth-order valence-electron chi connectivity index (χ4n) is 1.69. The number of ether oxygens (including phenoxy) is 2. The zero-order valence-electron chi connectivity index (χ0n) is 12.6. The van der Waals surface area contributed by atoms with Crippen molar-refractivity contribution in [3.8, 4) is 17.5 Å². The molecule has 2 aromatic heterocycles. The lowest BCUT2D eigenvalue weighted by molar-refractivity contribution is -0.134. The van der Waals surface area contributed by atoms with E-state index in [0.29, 0.717) is 16.9 Å². The third kappa shape index (κ3) is 6.29. The molecule has 0 fully saturated rings. The summed E-state index contributed by atoms with van der Waals surface area (Å²) in [4.78, 5) is 3.08. The molecule has 136 valence electrons. The van der Waals surface area contributed by atoms with Crippen LogP contribution in [0.5, 0.6) is 17.5 Å². The topological polar surface area (TPSA) is 31.4 Å². The van der Waals surface area contributed by atoms with Crippen molar-refractivity contribution in [3.63, 3.8) is 0 Å². The van der Waals surface area contributed by atoms with Crippen molar-refractivity contribution in [3.05, 3.63) is 46.2 Å². The highest BCUT2D eigenvalue weighted by atomic mass is 32.1. The first-order valence-electron chi connectivity index (χ1n) is 6.72. The molecule has 0 aromatic carbocycles. The number of hydrogen-bond acceptors (Lipinski definition) is 4. The van der Waals surface area contributed by atoms with Crippen LogP contribution >= 0.6 is 11.3 Å². The van der Waals surface area contributed by atoms with Crippen molar-refractivity contribution >= 4 is 11.3 Å². The molecule has 0 radical (unpaired) electrons. The minimum absolute atomic E-state index is 0.00639. The van der Waals surface area contributed by atoms with E-state index < -0.39 is 17.2 Å². The predicted molar refractivity (Wildman–Crippen MR) is 79.1 cm³/mol. The van der Waals surface area contributed by atoms with Gasteiger partial charge in [-0.05, 0) is 18.6 Å². The number of alkyl halides is 6. The molecule has 25 heavy (non-hydrogen) atoms. The molecule has 0 spiro atoms. The highest BCUT2D eigenvalue weighted by Gasteiger charge is 2.32. The van der Waals surface area contributed by atoms with E-state index >= 15 is 0 Å². The van der Waals surface area contributed by atoms with Gasteiger partial charge in [0.1, 0.15) is 17.2 Å². The largest absolute Gasteiger partial charge is 0.473 e. The summed E-state index contributed by atoms with van der Waals surface area (Å²) in [7, 11) is 0.